The molecule has 19 heavy (non-hydrogen) atoms. The summed E-state index contributed by atoms with van der Waals surface area (Å²) < 4.78 is 18.9. The molecule has 0 saturated heterocycles. The molecular weight excluding hydrogens is 243 g/mol. The van der Waals surface area contributed by atoms with Crippen molar-refractivity contribution in [3.05, 3.63) is 35.3 Å². The van der Waals surface area contributed by atoms with Gasteiger partial charge in [0.05, 0.1) is 30.1 Å². The maximum Gasteiger partial charge on any atom is 0.125 e. The molecule has 0 saturated carbocycles. The van der Waals surface area contributed by atoms with Crippen molar-refractivity contribution in [1.82, 2.24) is 4.98 Å². The zero-order valence-electron chi connectivity index (χ0n) is 11.0. The van der Waals surface area contributed by atoms with Gasteiger partial charge in [0.15, 0.2) is 0 Å². The van der Waals surface area contributed by atoms with E-state index in [-0.39, 0.29) is 5.82 Å². The summed E-state index contributed by atoms with van der Waals surface area (Å²) in [6, 6.07) is 4.78. The van der Waals surface area contributed by atoms with E-state index in [2.05, 4.69) is 17.2 Å². The smallest absolute Gasteiger partial charge is 0.125 e. The van der Waals surface area contributed by atoms with Crippen LogP contribution in [-0.2, 0) is 17.8 Å². The first-order valence-corrected chi connectivity index (χ1v) is 6.72. The van der Waals surface area contributed by atoms with E-state index in [0.717, 1.165) is 47.2 Å². The largest absolute Gasteiger partial charge is 0.384 e. The average molecular weight is 260 g/mol. The number of anilines is 1. The third-order valence-electron chi connectivity index (χ3n) is 3.42. The SMILES string of the molecule is CCCNc1c2c(nc3cc(F)ccc13)CCOC2. The average Bonchev–Trinajstić information content (AvgIpc) is 2.43. The van der Waals surface area contributed by atoms with Gasteiger partial charge in [0.1, 0.15) is 5.82 Å². The third kappa shape index (κ3) is 2.28. The first-order valence-electron chi connectivity index (χ1n) is 6.72. The summed E-state index contributed by atoms with van der Waals surface area (Å²) in [6.07, 6.45) is 1.84. The lowest BCUT2D eigenvalue weighted by Gasteiger charge is -2.21. The number of halogens is 1. The van der Waals surface area contributed by atoms with E-state index in [9.17, 15) is 4.39 Å². The van der Waals surface area contributed by atoms with E-state index in [0.29, 0.717) is 13.2 Å². The predicted octanol–water partition coefficient (Wildman–Crippen LogP) is 3.27. The summed E-state index contributed by atoms with van der Waals surface area (Å²) >= 11 is 0. The molecule has 2 heterocycles. The number of nitrogens with one attached hydrogen (secondary N) is 1. The van der Waals surface area contributed by atoms with Crippen LogP contribution >= 0.6 is 0 Å². The van der Waals surface area contributed by atoms with Crippen molar-refractivity contribution < 1.29 is 9.13 Å². The van der Waals surface area contributed by atoms with Crippen molar-refractivity contribution in [3.63, 3.8) is 0 Å². The van der Waals surface area contributed by atoms with Crippen LogP contribution in [0.4, 0.5) is 10.1 Å². The molecule has 0 spiro atoms. The van der Waals surface area contributed by atoms with Crippen LogP contribution in [0.5, 0.6) is 0 Å². The van der Waals surface area contributed by atoms with E-state index in [1.807, 2.05) is 0 Å². The molecule has 3 nitrogen and oxygen atoms in total. The van der Waals surface area contributed by atoms with E-state index in [4.69, 9.17) is 4.74 Å². The predicted molar refractivity (Wildman–Crippen MR) is 73.8 cm³/mol. The van der Waals surface area contributed by atoms with Gasteiger partial charge >= 0.3 is 0 Å². The van der Waals surface area contributed by atoms with E-state index in [1.165, 1.54) is 12.1 Å². The number of hydrogen-bond donors (Lipinski definition) is 1. The minimum absolute atomic E-state index is 0.242. The number of benzene rings is 1. The summed E-state index contributed by atoms with van der Waals surface area (Å²) in [4.78, 5) is 4.59. The van der Waals surface area contributed by atoms with Gasteiger partial charge in [-0.3, -0.25) is 4.98 Å². The Bertz CT molecular complexity index is 613. The number of aromatic nitrogens is 1. The summed E-state index contributed by atoms with van der Waals surface area (Å²) in [5.41, 5.74) is 3.93. The lowest BCUT2D eigenvalue weighted by molar-refractivity contribution is 0.110. The number of fused-ring (bicyclic) bond motifs is 2. The summed E-state index contributed by atoms with van der Waals surface area (Å²) in [5.74, 6) is -0.242. The Labute approximate surface area is 111 Å². The summed E-state index contributed by atoms with van der Waals surface area (Å²) in [5, 5.41) is 4.41. The van der Waals surface area contributed by atoms with Crippen LogP contribution < -0.4 is 5.32 Å². The van der Waals surface area contributed by atoms with Crippen molar-refractivity contribution in [3.8, 4) is 0 Å². The Morgan fingerprint density at radius 1 is 1.42 bits per heavy atom. The molecule has 0 aliphatic carbocycles. The van der Waals surface area contributed by atoms with Crippen molar-refractivity contribution in [2.24, 2.45) is 0 Å². The molecule has 1 aliphatic rings. The molecule has 3 rings (SSSR count). The minimum atomic E-state index is -0.242. The first-order chi connectivity index (χ1) is 9.29. The fourth-order valence-electron chi connectivity index (χ4n) is 2.49. The van der Waals surface area contributed by atoms with Gasteiger partial charge in [0.2, 0.25) is 0 Å². The van der Waals surface area contributed by atoms with Crippen LogP contribution in [0.3, 0.4) is 0 Å². The van der Waals surface area contributed by atoms with Gasteiger partial charge in [-0.2, -0.15) is 0 Å². The molecule has 1 aromatic carbocycles. The highest BCUT2D eigenvalue weighted by Crippen LogP contribution is 2.31. The Kier molecular flexibility index (Phi) is 3.34. The zero-order valence-corrected chi connectivity index (χ0v) is 11.0. The molecule has 0 amide bonds. The van der Waals surface area contributed by atoms with Gasteiger partial charge in [-0.15, -0.1) is 0 Å². The Morgan fingerprint density at radius 2 is 2.32 bits per heavy atom. The summed E-state index contributed by atoms with van der Waals surface area (Å²) in [6.45, 7) is 4.29. The van der Waals surface area contributed by atoms with Gasteiger partial charge in [0, 0.05) is 30.0 Å². The second kappa shape index (κ2) is 5.13. The topological polar surface area (TPSA) is 34.2 Å². The molecule has 0 unspecified atom stereocenters. The van der Waals surface area contributed by atoms with E-state index in [1.54, 1.807) is 6.07 Å². The number of pyridine rings is 1. The highest BCUT2D eigenvalue weighted by molar-refractivity contribution is 5.93. The van der Waals surface area contributed by atoms with Crippen LogP contribution in [0.15, 0.2) is 18.2 Å². The molecule has 1 N–H and O–H groups in total. The molecule has 4 heteroatoms. The molecule has 1 aliphatic heterocycles. The monoisotopic (exact) mass is 260 g/mol. The van der Waals surface area contributed by atoms with Crippen LogP contribution in [0.2, 0.25) is 0 Å². The number of ether oxygens (including phenoxy) is 1. The molecular formula is C15H17FN2O. The molecule has 0 atom stereocenters. The first kappa shape index (κ1) is 12.4. The lowest BCUT2D eigenvalue weighted by atomic mass is 10.0. The van der Waals surface area contributed by atoms with E-state index >= 15 is 0 Å². The Balaban J connectivity index is 2.20. The fourth-order valence-corrected chi connectivity index (χ4v) is 2.49. The van der Waals surface area contributed by atoms with Gasteiger partial charge in [-0.25, -0.2) is 4.39 Å². The summed E-state index contributed by atoms with van der Waals surface area (Å²) in [7, 11) is 0. The Morgan fingerprint density at radius 3 is 3.16 bits per heavy atom. The van der Waals surface area contributed by atoms with E-state index < -0.39 is 0 Å². The molecule has 2 aromatic rings. The number of nitrogens with zero attached hydrogens (tertiary/aromatic N) is 1. The number of hydrogen-bond acceptors (Lipinski definition) is 3. The van der Waals surface area contributed by atoms with Gasteiger partial charge in [-0.05, 0) is 18.6 Å². The highest BCUT2D eigenvalue weighted by Gasteiger charge is 2.18. The van der Waals surface area contributed by atoms with Crippen LogP contribution in [0.1, 0.15) is 24.6 Å². The van der Waals surface area contributed by atoms with Crippen LogP contribution in [-0.4, -0.2) is 18.1 Å². The molecule has 0 fully saturated rings. The fraction of sp³-hybridized carbons (Fsp3) is 0.400. The second-order valence-electron chi connectivity index (χ2n) is 4.80. The molecule has 0 radical (unpaired) electrons. The third-order valence-corrected chi connectivity index (χ3v) is 3.42. The number of rotatable bonds is 3. The van der Waals surface area contributed by atoms with Crippen LogP contribution in [0, 0.1) is 5.82 Å². The van der Waals surface area contributed by atoms with Crippen LogP contribution in [0.25, 0.3) is 10.9 Å². The second-order valence-corrected chi connectivity index (χ2v) is 4.80. The quantitative estimate of drug-likeness (QED) is 0.919. The maximum absolute atomic E-state index is 13.4. The van der Waals surface area contributed by atoms with Gasteiger partial charge in [-0.1, -0.05) is 6.92 Å². The minimum Gasteiger partial charge on any atom is -0.384 e. The lowest BCUT2D eigenvalue weighted by Crippen LogP contribution is -2.15. The molecule has 100 valence electrons. The molecule has 1 aromatic heterocycles. The highest BCUT2D eigenvalue weighted by atomic mass is 19.1. The normalized spacial score (nSPS) is 14.4. The van der Waals surface area contributed by atoms with Crippen molar-refractivity contribution in [1.29, 1.82) is 0 Å². The standard InChI is InChI=1S/C15H17FN2O/c1-2-6-17-15-11-4-3-10(16)8-14(11)18-13-5-7-19-9-12(13)15/h3-4,8H,2,5-7,9H2,1H3,(H,17,18). The van der Waals surface area contributed by atoms with Crippen molar-refractivity contribution >= 4 is 16.6 Å². The van der Waals surface area contributed by atoms with Crippen molar-refractivity contribution in [2.45, 2.75) is 26.4 Å². The Hall–Kier alpha value is -1.68. The molecule has 0 bridgehead atoms. The van der Waals surface area contributed by atoms with Gasteiger partial charge < -0.3 is 10.1 Å². The maximum atomic E-state index is 13.4. The zero-order chi connectivity index (χ0) is 13.2. The van der Waals surface area contributed by atoms with Gasteiger partial charge in [0.25, 0.3) is 0 Å². The van der Waals surface area contributed by atoms with Crippen molar-refractivity contribution in [2.75, 3.05) is 18.5 Å².